The van der Waals surface area contributed by atoms with Gasteiger partial charge < -0.3 is 5.11 Å². The molecular formula is C16H11Cl9O. The first-order valence-corrected chi connectivity index (χ1v) is 10.5. The van der Waals surface area contributed by atoms with Crippen LogP contribution in [-0.4, -0.2) is 17.6 Å². The summed E-state index contributed by atoms with van der Waals surface area (Å²) in [6.45, 7) is 1.54. The van der Waals surface area contributed by atoms with E-state index < -0.39 is 22.9 Å². The summed E-state index contributed by atoms with van der Waals surface area (Å²) in [6.07, 6.45) is -0.968. The Bertz CT molecular complexity index is 809. The van der Waals surface area contributed by atoms with Crippen LogP contribution in [0.2, 0.25) is 0 Å². The molecule has 2 aromatic carbocycles. The molecule has 0 aliphatic rings. The van der Waals surface area contributed by atoms with Gasteiger partial charge >= 0.3 is 0 Å². The second kappa shape index (κ2) is 7.84. The van der Waals surface area contributed by atoms with Gasteiger partial charge in [0.25, 0.3) is 0 Å². The Morgan fingerprint density at radius 3 is 1.81 bits per heavy atom. The van der Waals surface area contributed by atoms with Gasteiger partial charge in [-0.2, -0.15) is 0 Å². The Morgan fingerprint density at radius 1 is 0.769 bits per heavy atom. The maximum Gasteiger partial charge on any atom is 0.226 e. The second-order valence-corrected chi connectivity index (χ2v) is 11.9. The molecule has 0 fully saturated rings. The van der Waals surface area contributed by atoms with E-state index >= 15 is 0 Å². The molecule has 10 heteroatoms. The topological polar surface area (TPSA) is 20.2 Å². The molecule has 0 saturated carbocycles. The third-order valence-corrected chi connectivity index (χ3v) is 9.32. The largest absolute Gasteiger partial charge is 0.389 e. The molecule has 0 radical (unpaired) electrons. The number of benzene rings is 2. The van der Waals surface area contributed by atoms with E-state index in [9.17, 15) is 5.11 Å². The summed E-state index contributed by atoms with van der Waals surface area (Å²) in [5.41, 5.74) is 0.576. The molecule has 1 atom stereocenters. The van der Waals surface area contributed by atoms with Crippen molar-refractivity contribution in [1.29, 1.82) is 0 Å². The predicted molar refractivity (Wildman–Crippen MR) is 117 cm³/mol. The second-order valence-electron chi connectivity index (χ2n) is 5.64. The fourth-order valence-corrected chi connectivity index (χ4v) is 4.86. The average Bonchev–Trinajstić information content (AvgIpc) is 2.51. The van der Waals surface area contributed by atoms with Gasteiger partial charge in [-0.3, -0.25) is 0 Å². The van der Waals surface area contributed by atoms with E-state index in [4.69, 9.17) is 104 Å². The van der Waals surface area contributed by atoms with E-state index in [0.29, 0.717) is 10.9 Å². The summed E-state index contributed by atoms with van der Waals surface area (Å²) < 4.78 is -9.27. The molecule has 0 heterocycles. The average molecular weight is 538 g/mol. The Balaban J connectivity index is 2.79. The highest BCUT2D eigenvalue weighted by atomic mass is 35.6. The highest BCUT2D eigenvalue weighted by Gasteiger charge is 2.68. The summed E-state index contributed by atoms with van der Waals surface area (Å²) in [4.78, 5) is 0. The fourth-order valence-electron chi connectivity index (χ4n) is 2.56. The summed E-state index contributed by atoms with van der Waals surface area (Å²) in [5.74, 6) is 0. The summed E-state index contributed by atoms with van der Waals surface area (Å²) in [5, 5.41) is 11.9. The Kier molecular flexibility index (Phi) is 7.10. The van der Waals surface area contributed by atoms with Gasteiger partial charge in [-0.05, 0) is 28.8 Å². The van der Waals surface area contributed by atoms with Gasteiger partial charge in [0.2, 0.25) is 8.13 Å². The van der Waals surface area contributed by atoms with Gasteiger partial charge in [-0.25, -0.2) is 0 Å². The van der Waals surface area contributed by atoms with Gasteiger partial charge in [-0.1, -0.05) is 141 Å². The number of alkyl halides is 9. The zero-order chi connectivity index (χ0) is 20.1. The standard InChI is InChI=1S/C16H11Cl9O/c1-8(26)12-10-5-3-2-4-9(10)6-7-11(12)13(17,18)14(19,20)15(21,22)16(23,24)25/h2-8,26H,1H3. The van der Waals surface area contributed by atoms with Crippen molar-refractivity contribution in [3.8, 4) is 0 Å². The van der Waals surface area contributed by atoms with E-state index in [1.165, 1.54) is 0 Å². The molecule has 1 N–H and O–H groups in total. The minimum Gasteiger partial charge on any atom is -0.389 e. The molecule has 144 valence electrons. The van der Waals surface area contributed by atoms with Crippen LogP contribution in [0.15, 0.2) is 36.4 Å². The smallest absolute Gasteiger partial charge is 0.226 e. The van der Waals surface area contributed by atoms with E-state index in [0.717, 1.165) is 5.39 Å². The molecule has 2 aromatic rings. The quantitative estimate of drug-likeness (QED) is 0.389. The van der Waals surface area contributed by atoms with Gasteiger partial charge in [0.15, 0.2) is 8.67 Å². The van der Waals surface area contributed by atoms with Crippen LogP contribution in [-0.2, 0) is 4.33 Å². The monoisotopic (exact) mass is 534 g/mol. The van der Waals surface area contributed by atoms with E-state index in [1.54, 1.807) is 31.2 Å². The highest BCUT2D eigenvalue weighted by molar-refractivity contribution is 6.80. The Hall–Kier alpha value is 1.27. The third kappa shape index (κ3) is 3.84. The minimum absolute atomic E-state index is 0.180. The highest BCUT2D eigenvalue weighted by Crippen LogP contribution is 2.65. The lowest BCUT2D eigenvalue weighted by atomic mass is 9.91. The number of aliphatic hydroxyl groups excluding tert-OH is 1. The van der Waals surface area contributed by atoms with Crippen molar-refractivity contribution in [1.82, 2.24) is 0 Å². The van der Waals surface area contributed by atoms with Crippen LogP contribution in [0.5, 0.6) is 0 Å². The van der Waals surface area contributed by atoms with E-state index in [1.807, 2.05) is 12.1 Å². The van der Waals surface area contributed by atoms with Crippen molar-refractivity contribution in [3.63, 3.8) is 0 Å². The number of halogens is 9. The molecule has 0 aliphatic carbocycles. The van der Waals surface area contributed by atoms with Crippen LogP contribution in [0, 0.1) is 0 Å². The van der Waals surface area contributed by atoms with Gasteiger partial charge in [-0.15, -0.1) is 0 Å². The van der Waals surface area contributed by atoms with Gasteiger partial charge in [0.05, 0.1) is 6.10 Å². The third-order valence-electron chi connectivity index (χ3n) is 3.87. The molecule has 0 spiro atoms. The van der Waals surface area contributed by atoms with Crippen molar-refractivity contribution >= 4 is 115 Å². The zero-order valence-electron chi connectivity index (χ0n) is 12.9. The van der Waals surface area contributed by atoms with Crippen LogP contribution in [0.25, 0.3) is 10.8 Å². The first kappa shape index (κ1) is 23.5. The maximum absolute atomic E-state index is 10.3. The molecule has 0 saturated heterocycles. The molecule has 1 nitrogen and oxygen atoms in total. The Morgan fingerprint density at radius 2 is 1.31 bits per heavy atom. The lowest BCUT2D eigenvalue weighted by Gasteiger charge is -2.44. The number of fused-ring (bicyclic) bond motifs is 1. The summed E-state index contributed by atoms with van der Waals surface area (Å²) >= 11 is 55.6. The lowest BCUT2D eigenvalue weighted by Crippen LogP contribution is -2.55. The number of hydrogen-bond donors (Lipinski definition) is 1. The van der Waals surface area contributed by atoms with Crippen molar-refractivity contribution < 1.29 is 5.11 Å². The van der Waals surface area contributed by atoms with E-state index in [-0.39, 0.29) is 5.56 Å². The zero-order valence-corrected chi connectivity index (χ0v) is 19.7. The van der Waals surface area contributed by atoms with E-state index in [2.05, 4.69) is 0 Å². The molecule has 0 aromatic heterocycles. The molecule has 2 rings (SSSR count). The molecule has 0 aliphatic heterocycles. The first-order valence-electron chi connectivity index (χ1n) is 7.06. The summed E-state index contributed by atoms with van der Waals surface area (Å²) in [6, 6.07) is 10.6. The summed E-state index contributed by atoms with van der Waals surface area (Å²) in [7, 11) is 0. The SMILES string of the molecule is CC(O)c1c(C(Cl)(Cl)C(Cl)(Cl)C(Cl)(Cl)C(Cl)(Cl)Cl)ccc2ccccc12. The van der Waals surface area contributed by atoms with Crippen LogP contribution < -0.4 is 0 Å². The van der Waals surface area contributed by atoms with Crippen molar-refractivity contribution in [3.05, 3.63) is 47.5 Å². The lowest BCUT2D eigenvalue weighted by molar-refractivity contribution is 0.199. The van der Waals surface area contributed by atoms with Crippen molar-refractivity contribution in [2.45, 2.75) is 29.8 Å². The molecule has 0 bridgehead atoms. The van der Waals surface area contributed by atoms with Gasteiger partial charge in [0, 0.05) is 0 Å². The first-order chi connectivity index (χ1) is 11.7. The van der Waals surface area contributed by atoms with Crippen LogP contribution in [0.4, 0.5) is 0 Å². The number of aliphatic hydroxyl groups is 1. The molecule has 26 heavy (non-hydrogen) atoms. The molecular weight excluding hydrogens is 527 g/mol. The van der Waals surface area contributed by atoms with Crippen molar-refractivity contribution in [2.75, 3.05) is 0 Å². The minimum atomic E-state index is -2.40. The van der Waals surface area contributed by atoms with Crippen LogP contribution in [0.3, 0.4) is 0 Å². The fraction of sp³-hybridized carbons (Fsp3) is 0.375. The number of rotatable bonds is 4. The van der Waals surface area contributed by atoms with Gasteiger partial charge in [0.1, 0.15) is 0 Å². The molecule has 1 unspecified atom stereocenters. The Labute approximate surface area is 196 Å². The van der Waals surface area contributed by atoms with Crippen LogP contribution >= 0.6 is 104 Å². The predicted octanol–water partition coefficient (Wildman–Crippen LogP) is 8.24. The van der Waals surface area contributed by atoms with Crippen LogP contribution in [0.1, 0.15) is 24.2 Å². The normalized spacial score (nSPS) is 15.3. The number of hydrogen-bond acceptors (Lipinski definition) is 1. The maximum atomic E-state index is 10.3. The van der Waals surface area contributed by atoms with Crippen molar-refractivity contribution in [2.24, 2.45) is 0 Å². The molecule has 0 amide bonds.